The average Bonchev–Trinajstić information content (AvgIpc) is 3.15. The Morgan fingerprint density at radius 1 is 1.33 bits per heavy atom. The van der Waals surface area contributed by atoms with Crippen molar-refractivity contribution in [3.05, 3.63) is 0 Å². The maximum absolute atomic E-state index is 12.0. The minimum absolute atomic E-state index is 0.0589. The Kier molecular flexibility index (Phi) is 4.76. The maximum Gasteiger partial charge on any atom is 0.329 e. The second kappa shape index (κ2) is 6.22. The SMILES string of the molecule is CC(C)N1CCC(CNC(=O)NC(C)(C(=O)O)C2CC2)C1. The van der Waals surface area contributed by atoms with Crippen LogP contribution in [0.2, 0.25) is 0 Å². The molecule has 2 amide bonds. The predicted molar refractivity (Wildman–Crippen MR) is 80.1 cm³/mol. The van der Waals surface area contributed by atoms with Crippen LogP contribution < -0.4 is 10.6 Å². The fourth-order valence-corrected chi connectivity index (χ4v) is 3.01. The van der Waals surface area contributed by atoms with E-state index in [4.69, 9.17) is 0 Å². The van der Waals surface area contributed by atoms with Crippen molar-refractivity contribution < 1.29 is 14.7 Å². The fraction of sp³-hybridized carbons (Fsp3) is 0.867. The summed E-state index contributed by atoms with van der Waals surface area (Å²) >= 11 is 0. The van der Waals surface area contributed by atoms with Gasteiger partial charge in [0.15, 0.2) is 0 Å². The number of rotatable bonds is 6. The van der Waals surface area contributed by atoms with E-state index in [0.29, 0.717) is 18.5 Å². The Morgan fingerprint density at radius 3 is 2.48 bits per heavy atom. The van der Waals surface area contributed by atoms with Crippen LogP contribution in [-0.4, -0.2) is 53.2 Å². The summed E-state index contributed by atoms with van der Waals surface area (Å²) in [7, 11) is 0. The lowest BCUT2D eigenvalue weighted by molar-refractivity contribution is -0.144. The van der Waals surface area contributed by atoms with Crippen LogP contribution >= 0.6 is 0 Å². The largest absolute Gasteiger partial charge is 0.480 e. The molecule has 0 spiro atoms. The van der Waals surface area contributed by atoms with Gasteiger partial charge in [-0.3, -0.25) is 0 Å². The van der Waals surface area contributed by atoms with Crippen molar-refractivity contribution in [1.82, 2.24) is 15.5 Å². The molecule has 1 heterocycles. The number of carbonyl (C=O) groups excluding carboxylic acids is 1. The van der Waals surface area contributed by atoms with E-state index in [0.717, 1.165) is 32.4 Å². The second-order valence-corrected chi connectivity index (χ2v) is 6.86. The summed E-state index contributed by atoms with van der Waals surface area (Å²) in [4.78, 5) is 25.7. The van der Waals surface area contributed by atoms with E-state index in [-0.39, 0.29) is 11.9 Å². The molecule has 120 valence electrons. The number of urea groups is 1. The number of nitrogens with one attached hydrogen (secondary N) is 2. The second-order valence-electron chi connectivity index (χ2n) is 6.86. The lowest BCUT2D eigenvalue weighted by Crippen LogP contribution is -2.57. The van der Waals surface area contributed by atoms with Gasteiger partial charge in [0.25, 0.3) is 0 Å². The standard InChI is InChI=1S/C15H27N3O3/c1-10(2)18-7-6-11(9-18)8-16-14(21)17-15(3,13(19)20)12-4-5-12/h10-12H,4-9H2,1-3H3,(H,19,20)(H2,16,17,21). The van der Waals surface area contributed by atoms with E-state index in [2.05, 4.69) is 29.4 Å². The molecule has 1 aliphatic carbocycles. The summed E-state index contributed by atoms with van der Waals surface area (Å²) in [5.41, 5.74) is -1.14. The number of hydrogen-bond acceptors (Lipinski definition) is 3. The molecular weight excluding hydrogens is 270 g/mol. The molecule has 2 atom stereocenters. The van der Waals surface area contributed by atoms with Crippen molar-refractivity contribution in [2.24, 2.45) is 11.8 Å². The predicted octanol–water partition coefficient (Wildman–Crippen LogP) is 1.27. The molecule has 2 unspecified atom stereocenters. The van der Waals surface area contributed by atoms with Crippen LogP contribution in [0.5, 0.6) is 0 Å². The number of carboxylic acid groups (broad SMARTS) is 1. The quantitative estimate of drug-likeness (QED) is 0.689. The lowest BCUT2D eigenvalue weighted by Gasteiger charge is -2.26. The van der Waals surface area contributed by atoms with Crippen LogP contribution in [0.15, 0.2) is 0 Å². The lowest BCUT2D eigenvalue weighted by atomic mass is 9.96. The number of nitrogens with zero attached hydrogens (tertiary/aromatic N) is 1. The first-order chi connectivity index (χ1) is 9.83. The molecule has 2 rings (SSSR count). The van der Waals surface area contributed by atoms with Gasteiger partial charge in [-0.25, -0.2) is 9.59 Å². The van der Waals surface area contributed by atoms with Gasteiger partial charge in [-0.15, -0.1) is 0 Å². The normalized spacial score (nSPS) is 25.6. The molecule has 21 heavy (non-hydrogen) atoms. The Labute approximate surface area is 126 Å². The van der Waals surface area contributed by atoms with E-state index in [1.807, 2.05) is 0 Å². The summed E-state index contributed by atoms with van der Waals surface area (Å²) in [5, 5.41) is 14.8. The number of carbonyl (C=O) groups is 2. The van der Waals surface area contributed by atoms with E-state index in [1.165, 1.54) is 0 Å². The minimum Gasteiger partial charge on any atom is -0.480 e. The third-order valence-corrected chi connectivity index (χ3v) is 4.81. The summed E-state index contributed by atoms with van der Waals surface area (Å²) < 4.78 is 0. The van der Waals surface area contributed by atoms with Crippen molar-refractivity contribution in [2.75, 3.05) is 19.6 Å². The number of amides is 2. The summed E-state index contributed by atoms with van der Waals surface area (Å²) in [6.07, 6.45) is 2.82. The molecule has 0 aromatic rings. The Balaban J connectivity index is 1.76. The summed E-state index contributed by atoms with van der Waals surface area (Å²) in [6.45, 7) is 8.63. The molecule has 1 aliphatic heterocycles. The van der Waals surface area contributed by atoms with E-state index in [1.54, 1.807) is 6.92 Å². The third kappa shape index (κ3) is 3.87. The van der Waals surface area contributed by atoms with Gasteiger partial charge in [0.05, 0.1) is 0 Å². The summed E-state index contributed by atoms with van der Waals surface area (Å²) in [5.74, 6) is -0.439. The summed E-state index contributed by atoms with van der Waals surface area (Å²) in [6, 6.07) is 0.170. The highest BCUT2D eigenvalue weighted by Crippen LogP contribution is 2.39. The Hall–Kier alpha value is -1.30. The van der Waals surface area contributed by atoms with Crippen LogP contribution in [0.3, 0.4) is 0 Å². The molecule has 1 saturated heterocycles. The van der Waals surface area contributed by atoms with Gasteiger partial charge in [0.2, 0.25) is 0 Å². The van der Waals surface area contributed by atoms with Crippen molar-refractivity contribution in [2.45, 2.75) is 51.6 Å². The Morgan fingerprint density at radius 2 is 2.00 bits per heavy atom. The molecular formula is C15H27N3O3. The van der Waals surface area contributed by atoms with Gasteiger partial charge in [-0.2, -0.15) is 0 Å². The van der Waals surface area contributed by atoms with Gasteiger partial charge in [0, 0.05) is 19.1 Å². The first-order valence-corrected chi connectivity index (χ1v) is 7.86. The molecule has 0 bridgehead atoms. The van der Waals surface area contributed by atoms with Crippen molar-refractivity contribution >= 4 is 12.0 Å². The van der Waals surface area contributed by atoms with Gasteiger partial charge < -0.3 is 20.6 Å². The fourth-order valence-electron chi connectivity index (χ4n) is 3.01. The zero-order valence-electron chi connectivity index (χ0n) is 13.2. The zero-order chi connectivity index (χ0) is 15.6. The highest BCUT2D eigenvalue weighted by molar-refractivity contribution is 5.86. The number of carboxylic acids is 1. The molecule has 0 radical (unpaired) electrons. The smallest absolute Gasteiger partial charge is 0.329 e. The van der Waals surface area contributed by atoms with Crippen LogP contribution in [0.1, 0.15) is 40.0 Å². The third-order valence-electron chi connectivity index (χ3n) is 4.81. The average molecular weight is 297 g/mol. The first-order valence-electron chi connectivity index (χ1n) is 7.86. The molecule has 6 heteroatoms. The van der Waals surface area contributed by atoms with Crippen LogP contribution in [0, 0.1) is 11.8 Å². The molecule has 0 aromatic carbocycles. The van der Waals surface area contributed by atoms with Crippen LogP contribution in [-0.2, 0) is 4.79 Å². The van der Waals surface area contributed by atoms with Gasteiger partial charge in [0.1, 0.15) is 5.54 Å². The number of likely N-dealkylation sites (tertiary alicyclic amines) is 1. The van der Waals surface area contributed by atoms with Crippen molar-refractivity contribution in [1.29, 1.82) is 0 Å². The monoisotopic (exact) mass is 297 g/mol. The van der Waals surface area contributed by atoms with E-state index in [9.17, 15) is 14.7 Å². The highest BCUT2D eigenvalue weighted by Gasteiger charge is 2.48. The highest BCUT2D eigenvalue weighted by atomic mass is 16.4. The van der Waals surface area contributed by atoms with E-state index >= 15 is 0 Å². The first kappa shape index (κ1) is 16.1. The number of aliphatic carboxylic acids is 1. The van der Waals surface area contributed by atoms with Gasteiger partial charge >= 0.3 is 12.0 Å². The van der Waals surface area contributed by atoms with Gasteiger partial charge in [-0.1, -0.05) is 0 Å². The van der Waals surface area contributed by atoms with Gasteiger partial charge in [-0.05, 0) is 58.4 Å². The Bertz CT molecular complexity index is 409. The van der Waals surface area contributed by atoms with Crippen molar-refractivity contribution in [3.8, 4) is 0 Å². The van der Waals surface area contributed by atoms with Crippen LogP contribution in [0.25, 0.3) is 0 Å². The molecule has 1 saturated carbocycles. The molecule has 6 nitrogen and oxygen atoms in total. The van der Waals surface area contributed by atoms with Crippen molar-refractivity contribution in [3.63, 3.8) is 0 Å². The van der Waals surface area contributed by atoms with Crippen LogP contribution in [0.4, 0.5) is 4.79 Å². The molecule has 3 N–H and O–H groups in total. The maximum atomic E-state index is 12.0. The number of hydrogen-bond donors (Lipinski definition) is 3. The minimum atomic E-state index is -1.14. The van der Waals surface area contributed by atoms with E-state index < -0.39 is 11.5 Å². The molecule has 2 fully saturated rings. The zero-order valence-corrected chi connectivity index (χ0v) is 13.2. The topological polar surface area (TPSA) is 81.7 Å². The molecule has 0 aromatic heterocycles. The molecule has 2 aliphatic rings.